The number of aryl methyl sites for hydroxylation is 1. The molecule has 0 unspecified atom stereocenters. The zero-order valence-electron chi connectivity index (χ0n) is 9.90. The number of amides is 1. The van der Waals surface area contributed by atoms with Gasteiger partial charge in [0.15, 0.2) is 0 Å². The predicted octanol–water partition coefficient (Wildman–Crippen LogP) is 0.503. The van der Waals surface area contributed by atoms with E-state index in [0.29, 0.717) is 10.7 Å². The third-order valence-electron chi connectivity index (χ3n) is 2.02. The lowest BCUT2D eigenvalue weighted by Crippen LogP contribution is -2.48. The molecule has 1 aromatic heterocycles. The van der Waals surface area contributed by atoms with E-state index in [1.165, 1.54) is 0 Å². The predicted molar refractivity (Wildman–Crippen MR) is 63.9 cm³/mol. The number of thiazole rings is 1. The van der Waals surface area contributed by atoms with Gasteiger partial charge in [0, 0.05) is 0 Å². The van der Waals surface area contributed by atoms with Gasteiger partial charge in [-0.1, -0.05) is 0 Å². The van der Waals surface area contributed by atoms with Crippen molar-refractivity contribution in [1.82, 2.24) is 10.3 Å². The average Bonchev–Trinajstić information content (AvgIpc) is 2.54. The smallest absolute Gasteiger partial charge is 0.347 e. The lowest BCUT2D eigenvalue weighted by molar-refractivity contribution is -0.125. The molecule has 4 N–H and O–H groups in total. The van der Waals surface area contributed by atoms with Crippen molar-refractivity contribution in [2.45, 2.75) is 32.9 Å². The van der Waals surface area contributed by atoms with Crippen molar-refractivity contribution in [1.29, 1.82) is 0 Å². The Morgan fingerprint density at radius 3 is 2.53 bits per heavy atom. The van der Waals surface area contributed by atoms with Gasteiger partial charge in [-0.2, -0.15) is 0 Å². The van der Waals surface area contributed by atoms with E-state index in [-0.39, 0.29) is 17.3 Å². The number of aromatic carboxylic acids is 1. The van der Waals surface area contributed by atoms with Gasteiger partial charge in [0.25, 0.3) is 0 Å². The molecule has 0 aliphatic carbocycles. The van der Waals surface area contributed by atoms with Crippen molar-refractivity contribution in [3.63, 3.8) is 0 Å². The maximum absolute atomic E-state index is 11.5. The number of rotatable bonds is 4. The molecule has 1 heterocycles. The minimum atomic E-state index is -1.00. The quantitative estimate of drug-likeness (QED) is 0.728. The Balaban J connectivity index is 2.68. The standard InChI is InChI=1S/C10H15N3O3S/c1-5-7(8(14)15)17-6(13-5)4-12-9(16)10(2,3)11/h4,11H2,1-3H3,(H,12,16)(H,14,15). The lowest BCUT2D eigenvalue weighted by Gasteiger charge is -2.16. The Morgan fingerprint density at radius 2 is 2.12 bits per heavy atom. The normalized spacial score (nSPS) is 11.3. The number of carboxylic acids is 1. The van der Waals surface area contributed by atoms with Crippen LogP contribution < -0.4 is 11.1 Å². The fourth-order valence-corrected chi connectivity index (χ4v) is 1.95. The first kappa shape index (κ1) is 13.6. The van der Waals surface area contributed by atoms with Crippen molar-refractivity contribution in [2.24, 2.45) is 5.73 Å². The highest BCUT2D eigenvalue weighted by molar-refractivity contribution is 7.13. The Labute approximate surface area is 103 Å². The monoisotopic (exact) mass is 257 g/mol. The first-order chi connectivity index (χ1) is 7.71. The fourth-order valence-electron chi connectivity index (χ4n) is 1.11. The summed E-state index contributed by atoms with van der Waals surface area (Å²) in [4.78, 5) is 26.5. The summed E-state index contributed by atoms with van der Waals surface area (Å²) in [7, 11) is 0. The van der Waals surface area contributed by atoms with Crippen molar-refractivity contribution >= 4 is 23.2 Å². The van der Waals surface area contributed by atoms with Crippen LogP contribution >= 0.6 is 11.3 Å². The third-order valence-corrected chi connectivity index (χ3v) is 3.17. The van der Waals surface area contributed by atoms with Crippen LogP contribution in [0.25, 0.3) is 0 Å². The van der Waals surface area contributed by atoms with Gasteiger partial charge in [0.05, 0.1) is 17.8 Å². The van der Waals surface area contributed by atoms with Crippen LogP contribution in [0, 0.1) is 6.92 Å². The molecule has 0 saturated heterocycles. The zero-order chi connectivity index (χ0) is 13.2. The number of carboxylic acid groups (broad SMARTS) is 1. The third kappa shape index (κ3) is 3.50. The van der Waals surface area contributed by atoms with E-state index in [2.05, 4.69) is 10.3 Å². The van der Waals surface area contributed by atoms with Crippen molar-refractivity contribution in [3.8, 4) is 0 Å². The number of hydrogen-bond acceptors (Lipinski definition) is 5. The van der Waals surface area contributed by atoms with Gasteiger partial charge in [-0.25, -0.2) is 9.78 Å². The van der Waals surface area contributed by atoms with Gasteiger partial charge in [-0.05, 0) is 20.8 Å². The number of nitrogens with zero attached hydrogens (tertiary/aromatic N) is 1. The minimum Gasteiger partial charge on any atom is -0.477 e. The number of aromatic nitrogens is 1. The maximum atomic E-state index is 11.5. The van der Waals surface area contributed by atoms with Gasteiger partial charge in [0.2, 0.25) is 5.91 Å². The molecule has 0 spiro atoms. The largest absolute Gasteiger partial charge is 0.477 e. The second-order valence-corrected chi connectivity index (χ2v) is 5.32. The molecule has 0 bridgehead atoms. The molecule has 0 aliphatic rings. The summed E-state index contributed by atoms with van der Waals surface area (Å²) in [5, 5.41) is 12.0. The number of carbonyl (C=O) groups excluding carboxylic acids is 1. The molecule has 1 amide bonds. The highest BCUT2D eigenvalue weighted by Gasteiger charge is 2.22. The molecule has 94 valence electrons. The van der Waals surface area contributed by atoms with E-state index in [9.17, 15) is 9.59 Å². The van der Waals surface area contributed by atoms with Crippen LogP contribution in [0.1, 0.15) is 34.2 Å². The summed E-state index contributed by atoms with van der Waals surface area (Å²) >= 11 is 1.05. The molecule has 0 aliphatic heterocycles. The highest BCUT2D eigenvalue weighted by Crippen LogP contribution is 2.17. The van der Waals surface area contributed by atoms with Gasteiger partial charge in [-0.15, -0.1) is 11.3 Å². The number of nitrogens with one attached hydrogen (secondary N) is 1. The number of carbonyl (C=O) groups is 2. The molecule has 1 aromatic rings. The number of nitrogens with two attached hydrogens (primary N) is 1. The number of hydrogen-bond donors (Lipinski definition) is 3. The average molecular weight is 257 g/mol. The molecule has 6 nitrogen and oxygen atoms in total. The van der Waals surface area contributed by atoms with Crippen LogP contribution in [0.3, 0.4) is 0 Å². The Hall–Kier alpha value is -1.47. The van der Waals surface area contributed by atoms with Crippen LogP contribution in [-0.4, -0.2) is 27.5 Å². The van der Waals surface area contributed by atoms with Gasteiger partial charge >= 0.3 is 5.97 Å². The molecule has 0 fully saturated rings. The molecule has 0 atom stereocenters. The van der Waals surface area contributed by atoms with E-state index in [1.54, 1.807) is 20.8 Å². The van der Waals surface area contributed by atoms with E-state index in [4.69, 9.17) is 10.8 Å². The second kappa shape index (κ2) is 4.80. The first-order valence-electron chi connectivity index (χ1n) is 4.98. The lowest BCUT2D eigenvalue weighted by atomic mass is 10.1. The van der Waals surface area contributed by atoms with Crippen LogP contribution in [0.15, 0.2) is 0 Å². The summed E-state index contributed by atoms with van der Waals surface area (Å²) in [6, 6.07) is 0. The van der Waals surface area contributed by atoms with Gasteiger partial charge in [0.1, 0.15) is 9.88 Å². The van der Waals surface area contributed by atoms with Crippen LogP contribution in [0.5, 0.6) is 0 Å². The first-order valence-corrected chi connectivity index (χ1v) is 5.80. The Bertz CT molecular complexity index is 448. The van der Waals surface area contributed by atoms with E-state index in [0.717, 1.165) is 11.3 Å². The van der Waals surface area contributed by atoms with Gasteiger partial charge in [-0.3, -0.25) is 4.79 Å². The van der Waals surface area contributed by atoms with Crippen LogP contribution in [-0.2, 0) is 11.3 Å². The van der Waals surface area contributed by atoms with E-state index < -0.39 is 11.5 Å². The molecule has 7 heteroatoms. The summed E-state index contributed by atoms with van der Waals surface area (Å²) in [6.45, 7) is 5.01. The topological polar surface area (TPSA) is 105 Å². The minimum absolute atomic E-state index is 0.193. The summed E-state index contributed by atoms with van der Waals surface area (Å²) < 4.78 is 0. The van der Waals surface area contributed by atoms with E-state index >= 15 is 0 Å². The maximum Gasteiger partial charge on any atom is 0.347 e. The molecule has 17 heavy (non-hydrogen) atoms. The van der Waals surface area contributed by atoms with Crippen LogP contribution in [0.2, 0.25) is 0 Å². The van der Waals surface area contributed by atoms with Crippen molar-refractivity contribution < 1.29 is 14.7 Å². The van der Waals surface area contributed by atoms with Crippen molar-refractivity contribution in [2.75, 3.05) is 0 Å². The Morgan fingerprint density at radius 1 is 1.53 bits per heavy atom. The molecule has 1 rings (SSSR count). The second-order valence-electron chi connectivity index (χ2n) is 4.23. The fraction of sp³-hybridized carbons (Fsp3) is 0.500. The molecule has 0 radical (unpaired) electrons. The molecule has 0 saturated carbocycles. The molecular weight excluding hydrogens is 242 g/mol. The summed E-state index contributed by atoms with van der Waals surface area (Å²) in [5.74, 6) is -1.31. The van der Waals surface area contributed by atoms with Gasteiger partial charge < -0.3 is 16.2 Å². The zero-order valence-corrected chi connectivity index (χ0v) is 10.7. The highest BCUT2D eigenvalue weighted by atomic mass is 32.1. The van der Waals surface area contributed by atoms with Crippen molar-refractivity contribution in [3.05, 3.63) is 15.6 Å². The van der Waals surface area contributed by atoms with Crippen LogP contribution in [0.4, 0.5) is 0 Å². The summed E-state index contributed by atoms with van der Waals surface area (Å²) in [5.41, 5.74) is 5.10. The molecule has 0 aromatic carbocycles. The SMILES string of the molecule is Cc1nc(CNC(=O)C(C)(C)N)sc1C(=O)O. The Kier molecular flexibility index (Phi) is 3.84. The summed E-state index contributed by atoms with van der Waals surface area (Å²) in [6.07, 6.45) is 0. The molecular formula is C10H15N3O3S. The van der Waals surface area contributed by atoms with E-state index in [1.807, 2.05) is 0 Å².